The van der Waals surface area contributed by atoms with Crippen LogP contribution in [0, 0.1) is 5.82 Å². The zero-order chi connectivity index (χ0) is 15.2. The van der Waals surface area contributed by atoms with Gasteiger partial charge in [0.05, 0.1) is 31.3 Å². The van der Waals surface area contributed by atoms with Crippen molar-refractivity contribution in [1.29, 1.82) is 0 Å². The van der Waals surface area contributed by atoms with E-state index in [2.05, 4.69) is 0 Å². The Morgan fingerprint density at radius 3 is 2.86 bits per heavy atom. The van der Waals surface area contributed by atoms with Crippen molar-refractivity contribution in [2.24, 2.45) is 0 Å². The van der Waals surface area contributed by atoms with E-state index in [0.29, 0.717) is 18.7 Å². The molecule has 0 aliphatic rings. The second-order valence-corrected chi connectivity index (χ2v) is 5.03. The smallest absolute Gasteiger partial charge is 0.132 e. The van der Waals surface area contributed by atoms with Gasteiger partial charge >= 0.3 is 0 Å². The van der Waals surface area contributed by atoms with Crippen molar-refractivity contribution in [2.75, 3.05) is 20.7 Å². The summed E-state index contributed by atoms with van der Waals surface area (Å²) in [5.41, 5.74) is 1.28. The molecule has 0 aliphatic carbocycles. The molecular weight excluding hydrogens is 273 g/mol. The first-order valence-electron chi connectivity index (χ1n) is 6.82. The summed E-state index contributed by atoms with van der Waals surface area (Å²) in [6.45, 7) is 1.35. The fourth-order valence-electron chi connectivity index (χ4n) is 2.28. The lowest BCUT2D eigenvalue weighted by Gasteiger charge is -2.20. The Morgan fingerprint density at radius 1 is 1.38 bits per heavy atom. The molecule has 0 bridgehead atoms. The Balaban J connectivity index is 1.94. The molecule has 4 nitrogen and oxygen atoms in total. The predicted octanol–water partition coefficient (Wildman–Crippen LogP) is 2.98. The van der Waals surface area contributed by atoms with Crippen molar-refractivity contribution >= 4 is 0 Å². The highest BCUT2D eigenvalue weighted by Crippen LogP contribution is 2.29. The van der Waals surface area contributed by atoms with Crippen LogP contribution in [-0.2, 0) is 6.54 Å². The van der Waals surface area contributed by atoms with Crippen molar-refractivity contribution in [3.63, 3.8) is 0 Å². The summed E-state index contributed by atoms with van der Waals surface area (Å²) < 4.78 is 24.0. The van der Waals surface area contributed by atoms with Crippen LogP contribution in [0.1, 0.15) is 23.7 Å². The molecule has 0 saturated carbocycles. The van der Waals surface area contributed by atoms with Crippen molar-refractivity contribution < 1.29 is 18.7 Å². The van der Waals surface area contributed by atoms with Crippen LogP contribution in [0.15, 0.2) is 41.2 Å². The van der Waals surface area contributed by atoms with Crippen LogP contribution in [-0.4, -0.2) is 30.7 Å². The molecule has 0 spiro atoms. The number of rotatable bonds is 7. The third-order valence-corrected chi connectivity index (χ3v) is 3.38. The zero-order valence-corrected chi connectivity index (χ0v) is 12.3. The highest BCUT2D eigenvalue weighted by atomic mass is 19.1. The molecule has 114 valence electrons. The number of benzene rings is 1. The number of hydrogen-bond donors (Lipinski definition) is 1. The summed E-state index contributed by atoms with van der Waals surface area (Å²) >= 11 is 0. The van der Waals surface area contributed by atoms with Crippen LogP contribution in [0.25, 0.3) is 0 Å². The van der Waals surface area contributed by atoms with Crippen LogP contribution >= 0.6 is 0 Å². The topological polar surface area (TPSA) is 45.8 Å². The van der Waals surface area contributed by atoms with E-state index in [9.17, 15) is 9.50 Å². The lowest BCUT2D eigenvalue weighted by molar-refractivity contribution is 0.140. The second-order valence-electron chi connectivity index (χ2n) is 5.03. The van der Waals surface area contributed by atoms with Gasteiger partial charge in [-0.15, -0.1) is 0 Å². The summed E-state index contributed by atoms with van der Waals surface area (Å²) in [5.74, 6) is -0.0701. The molecule has 5 heteroatoms. The van der Waals surface area contributed by atoms with Gasteiger partial charge in [-0.1, -0.05) is 6.07 Å². The van der Waals surface area contributed by atoms with Crippen LogP contribution < -0.4 is 4.74 Å². The minimum absolute atomic E-state index is 0.219. The number of hydrogen-bond acceptors (Lipinski definition) is 4. The largest absolute Gasteiger partial charge is 0.496 e. The summed E-state index contributed by atoms with van der Waals surface area (Å²) in [6, 6.07) is 6.44. The van der Waals surface area contributed by atoms with Crippen LogP contribution in [0.3, 0.4) is 0 Å². The van der Waals surface area contributed by atoms with Gasteiger partial charge in [0, 0.05) is 18.7 Å². The summed E-state index contributed by atoms with van der Waals surface area (Å²) in [4.78, 5) is 2.04. The number of furan rings is 1. The van der Waals surface area contributed by atoms with Gasteiger partial charge in [0.1, 0.15) is 11.6 Å². The fourth-order valence-corrected chi connectivity index (χ4v) is 2.28. The van der Waals surface area contributed by atoms with Gasteiger partial charge in [-0.3, -0.25) is 0 Å². The van der Waals surface area contributed by atoms with Crippen LogP contribution in [0.5, 0.6) is 5.75 Å². The van der Waals surface area contributed by atoms with Crippen LogP contribution in [0.2, 0.25) is 0 Å². The monoisotopic (exact) mass is 293 g/mol. The van der Waals surface area contributed by atoms with E-state index in [1.807, 2.05) is 18.0 Å². The second kappa shape index (κ2) is 7.24. The Labute approximate surface area is 123 Å². The van der Waals surface area contributed by atoms with Crippen molar-refractivity contribution in [3.8, 4) is 5.75 Å². The summed E-state index contributed by atoms with van der Waals surface area (Å²) in [6.07, 6.45) is 2.84. The van der Waals surface area contributed by atoms with E-state index >= 15 is 0 Å². The first-order chi connectivity index (χ1) is 10.1. The molecule has 0 fully saturated rings. The molecule has 1 N–H and O–H groups in total. The van der Waals surface area contributed by atoms with Gasteiger partial charge in [-0.05, 0) is 31.7 Å². The van der Waals surface area contributed by atoms with E-state index < -0.39 is 11.9 Å². The van der Waals surface area contributed by atoms with Gasteiger partial charge in [0.25, 0.3) is 0 Å². The normalized spacial score (nSPS) is 12.6. The maximum Gasteiger partial charge on any atom is 0.132 e. The number of ether oxygens (including phenoxy) is 1. The number of methoxy groups -OCH3 is 1. The summed E-state index contributed by atoms with van der Waals surface area (Å²) in [7, 11) is 3.41. The van der Waals surface area contributed by atoms with Gasteiger partial charge in [0.2, 0.25) is 0 Å². The maximum atomic E-state index is 13.9. The van der Waals surface area contributed by atoms with Gasteiger partial charge in [0.15, 0.2) is 0 Å². The third kappa shape index (κ3) is 4.06. The lowest BCUT2D eigenvalue weighted by Crippen LogP contribution is -2.21. The molecule has 0 aliphatic heterocycles. The Morgan fingerprint density at radius 2 is 2.19 bits per heavy atom. The first kappa shape index (κ1) is 15.5. The first-order valence-corrected chi connectivity index (χ1v) is 6.82. The Bertz CT molecular complexity index is 557. The fraction of sp³-hybridized carbons (Fsp3) is 0.375. The minimum Gasteiger partial charge on any atom is -0.496 e. The van der Waals surface area contributed by atoms with Crippen molar-refractivity contribution in [3.05, 3.63) is 53.7 Å². The quantitative estimate of drug-likeness (QED) is 0.852. The van der Waals surface area contributed by atoms with Gasteiger partial charge in [-0.2, -0.15) is 0 Å². The highest BCUT2D eigenvalue weighted by Gasteiger charge is 2.18. The van der Waals surface area contributed by atoms with Crippen molar-refractivity contribution in [2.45, 2.75) is 19.1 Å². The number of halogens is 1. The van der Waals surface area contributed by atoms with Gasteiger partial charge in [-0.25, -0.2) is 4.39 Å². The molecule has 1 aromatic heterocycles. The SMILES string of the molecule is COc1cccc(F)c1C(O)CCN(C)Cc1ccoc1. The van der Waals surface area contributed by atoms with Gasteiger partial charge < -0.3 is 19.2 Å². The molecule has 1 heterocycles. The number of nitrogens with zero attached hydrogens (tertiary/aromatic N) is 1. The average Bonchev–Trinajstić information content (AvgIpc) is 2.97. The number of aliphatic hydroxyl groups is 1. The lowest BCUT2D eigenvalue weighted by atomic mass is 10.0. The molecular formula is C16H20FNO3. The predicted molar refractivity (Wildman–Crippen MR) is 77.6 cm³/mol. The maximum absolute atomic E-state index is 13.9. The highest BCUT2D eigenvalue weighted by molar-refractivity contribution is 5.36. The van der Waals surface area contributed by atoms with Crippen LogP contribution in [0.4, 0.5) is 4.39 Å². The molecule has 1 unspecified atom stereocenters. The Hall–Kier alpha value is -1.85. The van der Waals surface area contributed by atoms with E-state index in [1.54, 1.807) is 24.7 Å². The van der Waals surface area contributed by atoms with E-state index in [1.165, 1.54) is 13.2 Å². The molecule has 0 saturated heterocycles. The molecule has 1 atom stereocenters. The number of aliphatic hydroxyl groups excluding tert-OH is 1. The van der Waals surface area contributed by atoms with E-state index in [-0.39, 0.29) is 5.56 Å². The third-order valence-electron chi connectivity index (χ3n) is 3.38. The standard InChI is InChI=1S/C16H20FNO3/c1-18(10-12-7-9-21-11-12)8-6-14(19)16-13(17)4-3-5-15(16)20-2/h3-5,7,9,11,14,19H,6,8,10H2,1-2H3. The molecule has 1 aromatic carbocycles. The molecule has 21 heavy (non-hydrogen) atoms. The minimum atomic E-state index is -0.895. The zero-order valence-electron chi connectivity index (χ0n) is 12.3. The average molecular weight is 293 g/mol. The molecule has 0 radical (unpaired) electrons. The summed E-state index contributed by atoms with van der Waals surface area (Å²) in [5, 5.41) is 10.2. The Kier molecular flexibility index (Phi) is 5.36. The van der Waals surface area contributed by atoms with E-state index in [0.717, 1.165) is 12.1 Å². The van der Waals surface area contributed by atoms with Crippen molar-refractivity contribution in [1.82, 2.24) is 4.90 Å². The molecule has 2 rings (SSSR count). The molecule has 0 amide bonds. The van der Waals surface area contributed by atoms with E-state index in [4.69, 9.17) is 9.15 Å². The molecule has 2 aromatic rings.